The Morgan fingerprint density at radius 2 is 1.43 bits per heavy atom. The summed E-state index contributed by atoms with van der Waals surface area (Å²) in [5.41, 5.74) is 1.77. The van der Waals surface area contributed by atoms with E-state index in [4.69, 9.17) is 9.47 Å². The van der Waals surface area contributed by atoms with Gasteiger partial charge in [-0.25, -0.2) is 4.79 Å². The van der Waals surface area contributed by atoms with Crippen molar-refractivity contribution in [3.8, 4) is 0 Å². The summed E-state index contributed by atoms with van der Waals surface area (Å²) in [6, 6.07) is 15.5. The number of carboxylic acid groups (broad SMARTS) is 1. The molecular weight excluding hydrogens is 564 g/mol. The van der Waals surface area contributed by atoms with Gasteiger partial charge in [-0.05, 0) is 36.3 Å². The summed E-state index contributed by atoms with van der Waals surface area (Å²) in [4.78, 5) is 53.9. The molecule has 0 spiro atoms. The van der Waals surface area contributed by atoms with E-state index in [0.29, 0.717) is 45.6 Å². The fourth-order valence-corrected chi connectivity index (χ4v) is 4.94. The van der Waals surface area contributed by atoms with Gasteiger partial charge in [-0.1, -0.05) is 74.5 Å². The molecule has 2 aromatic rings. The molecule has 1 aliphatic rings. The standard InChI is InChI=1S/C33H46N4O7/c1-24(2)21-28(32(40)36-29(33(41)42)22-26-11-7-4-8-12-26)35-31(39)27(14-13-25-9-5-3-6-10-25)34-30(38)23-44-20-17-37-15-18-43-19-16-37/h3-12,24,27-29H,13-23H2,1-2H3,(H,34,38)(H,35,39)(H,36,40)(H,41,42)/t27-,28?,29-/m0/s1. The topological polar surface area (TPSA) is 146 Å². The first-order valence-electron chi connectivity index (χ1n) is 15.3. The Morgan fingerprint density at radius 1 is 0.841 bits per heavy atom. The SMILES string of the molecule is CC(C)CC(NC(=O)[C@H](CCc1ccccc1)NC(=O)COCCN1CCOCC1)C(=O)N[C@@H](Cc1ccccc1)C(=O)O. The van der Waals surface area contributed by atoms with Crippen LogP contribution in [0.1, 0.15) is 37.8 Å². The number of hydrogen-bond donors (Lipinski definition) is 4. The first-order valence-corrected chi connectivity index (χ1v) is 15.3. The predicted molar refractivity (Wildman–Crippen MR) is 166 cm³/mol. The molecule has 0 aromatic heterocycles. The van der Waals surface area contributed by atoms with Gasteiger partial charge < -0.3 is 30.5 Å². The van der Waals surface area contributed by atoms with Crippen LogP contribution in [0, 0.1) is 5.92 Å². The van der Waals surface area contributed by atoms with E-state index in [1.807, 2.05) is 50.2 Å². The Kier molecular flexibility index (Phi) is 14.8. The number of nitrogens with one attached hydrogen (secondary N) is 3. The zero-order valence-corrected chi connectivity index (χ0v) is 25.7. The maximum absolute atomic E-state index is 13.6. The molecule has 1 heterocycles. The number of carbonyl (C=O) groups excluding carboxylic acids is 3. The molecule has 4 N–H and O–H groups in total. The fraction of sp³-hybridized carbons (Fsp3) is 0.515. The van der Waals surface area contributed by atoms with Gasteiger partial charge in [-0.3, -0.25) is 19.3 Å². The normalized spacial score (nSPS) is 15.6. The van der Waals surface area contributed by atoms with E-state index in [0.717, 1.165) is 24.2 Å². The summed E-state index contributed by atoms with van der Waals surface area (Å²) in [7, 11) is 0. The third kappa shape index (κ3) is 12.8. The molecule has 1 unspecified atom stereocenters. The van der Waals surface area contributed by atoms with Gasteiger partial charge in [0, 0.05) is 26.1 Å². The Labute approximate surface area is 259 Å². The lowest BCUT2D eigenvalue weighted by molar-refractivity contribution is -0.142. The summed E-state index contributed by atoms with van der Waals surface area (Å²) >= 11 is 0. The summed E-state index contributed by atoms with van der Waals surface area (Å²) in [6.45, 7) is 7.68. The first-order chi connectivity index (χ1) is 21.2. The number of nitrogens with zero attached hydrogens (tertiary/aromatic N) is 1. The number of amides is 3. The van der Waals surface area contributed by atoms with Crippen molar-refractivity contribution in [3.05, 3.63) is 71.8 Å². The van der Waals surface area contributed by atoms with Crippen LogP contribution in [-0.2, 0) is 41.5 Å². The van der Waals surface area contributed by atoms with Crippen molar-refractivity contribution in [3.63, 3.8) is 0 Å². The third-order valence-corrected chi connectivity index (χ3v) is 7.34. The van der Waals surface area contributed by atoms with E-state index < -0.39 is 41.8 Å². The van der Waals surface area contributed by atoms with Crippen molar-refractivity contribution in [1.29, 1.82) is 0 Å². The summed E-state index contributed by atoms with van der Waals surface area (Å²) in [5.74, 6) is -2.67. The fourth-order valence-electron chi connectivity index (χ4n) is 4.94. The molecule has 1 fully saturated rings. The van der Waals surface area contributed by atoms with Gasteiger partial charge >= 0.3 is 5.97 Å². The average Bonchev–Trinajstić information content (AvgIpc) is 3.01. The van der Waals surface area contributed by atoms with Crippen LogP contribution in [0.3, 0.4) is 0 Å². The summed E-state index contributed by atoms with van der Waals surface area (Å²) in [6.07, 6.45) is 1.22. The minimum Gasteiger partial charge on any atom is -0.480 e. The number of benzene rings is 2. The highest BCUT2D eigenvalue weighted by Crippen LogP contribution is 2.10. The molecule has 44 heavy (non-hydrogen) atoms. The number of carbonyl (C=O) groups is 4. The van der Waals surface area contributed by atoms with Crippen LogP contribution in [0.2, 0.25) is 0 Å². The van der Waals surface area contributed by atoms with E-state index in [-0.39, 0.29) is 18.9 Å². The molecular formula is C33H46N4O7. The van der Waals surface area contributed by atoms with Gasteiger partial charge in [0.05, 0.1) is 19.8 Å². The first kappa shape index (κ1) is 34.7. The molecule has 0 radical (unpaired) electrons. The van der Waals surface area contributed by atoms with E-state index in [2.05, 4.69) is 20.9 Å². The summed E-state index contributed by atoms with van der Waals surface area (Å²) < 4.78 is 10.9. The van der Waals surface area contributed by atoms with E-state index in [1.165, 1.54) is 0 Å². The number of aryl methyl sites for hydroxylation is 1. The molecule has 2 aromatic carbocycles. The molecule has 11 nitrogen and oxygen atoms in total. The number of ether oxygens (including phenoxy) is 2. The van der Waals surface area contributed by atoms with Crippen molar-refractivity contribution in [2.75, 3.05) is 46.1 Å². The van der Waals surface area contributed by atoms with E-state index >= 15 is 0 Å². The molecule has 240 valence electrons. The zero-order valence-electron chi connectivity index (χ0n) is 25.7. The second-order valence-electron chi connectivity index (χ2n) is 11.4. The molecule has 3 rings (SSSR count). The smallest absolute Gasteiger partial charge is 0.326 e. The van der Waals surface area contributed by atoms with Crippen LogP contribution in [-0.4, -0.2) is 97.9 Å². The molecule has 0 saturated carbocycles. The minimum atomic E-state index is -1.17. The maximum atomic E-state index is 13.6. The maximum Gasteiger partial charge on any atom is 0.326 e. The van der Waals surface area contributed by atoms with Crippen molar-refractivity contribution >= 4 is 23.7 Å². The number of morpholine rings is 1. The number of aliphatic carboxylic acids is 1. The molecule has 3 atom stereocenters. The van der Waals surface area contributed by atoms with Crippen LogP contribution in [0.4, 0.5) is 0 Å². The highest BCUT2D eigenvalue weighted by molar-refractivity contribution is 5.93. The Hall–Kier alpha value is -3.80. The van der Waals surface area contributed by atoms with Crippen molar-refractivity contribution in [1.82, 2.24) is 20.9 Å². The Balaban J connectivity index is 1.63. The second kappa shape index (κ2) is 18.8. The Bertz CT molecular complexity index is 1170. The second-order valence-corrected chi connectivity index (χ2v) is 11.4. The summed E-state index contributed by atoms with van der Waals surface area (Å²) in [5, 5.41) is 18.0. The van der Waals surface area contributed by atoms with E-state index in [1.54, 1.807) is 24.3 Å². The average molecular weight is 611 g/mol. The quantitative estimate of drug-likeness (QED) is 0.187. The van der Waals surface area contributed by atoms with Crippen LogP contribution in [0.15, 0.2) is 60.7 Å². The lowest BCUT2D eigenvalue weighted by Crippen LogP contribution is -2.56. The molecule has 3 amide bonds. The highest BCUT2D eigenvalue weighted by Gasteiger charge is 2.30. The molecule has 1 aliphatic heterocycles. The van der Waals surface area contributed by atoms with Crippen molar-refractivity contribution in [2.45, 2.75) is 57.7 Å². The lowest BCUT2D eigenvalue weighted by Gasteiger charge is -2.26. The molecule has 11 heteroatoms. The monoisotopic (exact) mass is 610 g/mol. The van der Waals surface area contributed by atoms with Gasteiger partial charge in [0.2, 0.25) is 17.7 Å². The van der Waals surface area contributed by atoms with Crippen LogP contribution < -0.4 is 16.0 Å². The number of carboxylic acids is 1. The van der Waals surface area contributed by atoms with Crippen molar-refractivity contribution < 1.29 is 33.8 Å². The highest BCUT2D eigenvalue weighted by atomic mass is 16.5. The Morgan fingerprint density at radius 3 is 2.05 bits per heavy atom. The number of rotatable bonds is 18. The van der Waals surface area contributed by atoms with Crippen molar-refractivity contribution in [2.24, 2.45) is 5.92 Å². The molecule has 0 aliphatic carbocycles. The van der Waals surface area contributed by atoms with Gasteiger partial charge in [-0.2, -0.15) is 0 Å². The number of hydrogen-bond acceptors (Lipinski definition) is 7. The predicted octanol–water partition coefficient (Wildman–Crippen LogP) is 1.80. The lowest BCUT2D eigenvalue weighted by atomic mass is 10.00. The van der Waals surface area contributed by atoms with E-state index in [9.17, 15) is 24.3 Å². The van der Waals surface area contributed by atoms with Gasteiger partial charge in [-0.15, -0.1) is 0 Å². The molecule has 0 bridgehead atoms. The van der Waals surface area contributed by atoms with Gasteiger partial charge in [0.15, 0.2) is 0 Å². The van der Waals surface area contributed by atoms with Gasteiger partial charge in [0.25, 0.3) is 0 Å². The van der Waals surface area contributed by atoms with Crippen LogP contribution >= 0.6 is 0 Å². The van der Waals surface area contributed by atoms with Crippen LogP contribution in [0.25, 0.3) is 0 Å². The van der Waals surface area contributed by atoms with Gasteiger partial charge in [0.1, 0.15) is 24.7 Å². The largest absolute Gasteiger partial charge is 0.480 e. The molecule has 1 saturated heterocycles. The third-order valence-electron chi connectivity index (χ3n) is 7.34. The van der Waals surface area contributed by atoms with Crippen LogP contribution in [0.5, 0.6) is 0 Å². The minimum absolute atomic E-state index is 0.0284. The zero-order chi connectivity index (χ0) is 31.7.